The van der Waals surface area contributed by atoms with Gasteiger partial charge in [0.1, 0.15) is 23.7 Å². The quantitative estimate of drug-likeness (QED) is 0.118. The van der Waals surface area contributed by atoms with E-state index in [1.54, 1.807) is 20.8 Å². The van der Waals surface area contributed by atoms with Crippen LogP contribution in [0.25, 0.3) is 32.7 Å². The van der Waals surface area contributed by atoms with Crippen molar-refractivity contribution >= 4 is 39.4 Å². The Labute approximate surface area is 277 Å². The Morgan fingerprint density at radius 3 is 1.89 bits per heavy atom. The predicted octanol–water partition coefficient (Wildman–Crippen LogP) is 8.82. The number of ketones is 1. The summed E-state index contributed by atoms with van der Waals surface area (Å²) in [6.45, 7) is 10.4. The van der Waals surface area contributed by atoms with E-state index in [0.717, 1.165) is 44.8 Å². The average Bonchev–Trinajstić information content (AvgIpc) is 3.01. The number of benzene rings is 4. The summed E-state index contributed by atoms with van der Waals surface area (Å²) in [5.41, 5.74) is 1.14. The molecule has 0 saturated heterocycles. The van der Waals surface area contributed by atoms with Crippen molar-refractivity contribution in [2.45, 2.75) is 72.3 Å². The van der Waals surface area contributed by atoms with Crippen LogP contribution in [0, 0.1) is 11.8 Å². The molecular weight excluding hydrogens is 594 g/mol. The van der Waals surface area contributed by atoms with Crippen LogP contribution in [0.4, 0.5) is 4.79 Å². The van der Waals surface area contributed by atoms with Gasteiger partial charge in [-0.15, -0.1) is 0 Å². The van der Waals surface area contributed by atoms with E-state index in [4.69, 9.17) is 14.2 Å². The molecule has 4 aromatic rings. The number of nitrogens with one attached hydrogen (secondary N) is 1. The van der Waals surface area contributed by atoms with Crippen LogP contribution >= 0.6 is 0 Å². The molecule has 4 rings (SSSR count). The van der Waals surface area contributed by atoms with Gasteiger partial charge in [0.2, 0.25) is 0 Å². The van der Waals surface area contributed by atoms with Gasteiger partial charge in [-0.2, -0.15) is 0 Å². The highest BCUT2D eigenvalue weighted by Crippen LogP contribution is 2.45. The Morgan fingerprint density at radius 2 is 1.34 bits per heavy atom. The number of aliphatic carboxylic acids is 1. The number of carboxylic acids is 1. The van der Waals surface area contributed by atoms with E-state index in [9.17, 15) is 19.5 Å². The number of hydrogen-bond acceptors (Lipinski definition) is 6. The molecule has 0 radical (unpaired) electrons. The maximum atomic E-state index is 13.2. The molecule has 0 spiro atoms. The van der Waals surface area contributed by atoms with E-state index in [1.165, 1.54) is 0 Å². The molecule has 8 heteroatoms. The standard InChI is InChI=1S/C39H47NO7/c1-26(2)21-23-45-33-19-17-27-12-6-8-15-31(27)35(33)36-32-16-9-7-13-28(32)18-20-34(36)46-25-30(41)24-29(37(42)43)14-10-11-22-40-38(44)47-39(3,4)5/h6-9,12-13,15-20,26,29H,10-11,14,21-25H2,1-5H3,(H,40,44)(H,42,43)/t29-/m0/s1. The van der Waals surface area contributed by atoms with Crippen LogP contribution < -0.4 is 14.8 Å². The Kier molecular flexibility index (Phi) is 12.2. The Balaban J connectivity index is 1.52. The number of hydrogen-bond donors (Lipinski definition) is 2. The highest BCUT2D eigenvalue weighted by Gasteiger charge is 2.23. The molecule has 0 saturated carbocycles. The Hall–Kier alpha value is -4.59. The van der Waals surface area contributed by atoms with E-state index in [0.29, 0.717) is 44.1 Å². The lowest BCUT2D eigenvalue weighted by Crippen LogP contribution is -2.33. The van der Waals surface area contributed by atoms with Gasteiger partial charge in [0.15, 0.2) is 5.78 Å². The first-order valence-corrected chi connectivity index (χ1v) is 16.4. The molecule has 0 bridgehead atoms. The summed E-state index contributed by atoms with van der Waals surface area (Å²) in [7, 11) is 0. The van der Waals surface area contributed by atoms with E-state index in [2.05, 4.69) is 37.4 Å². The molecule has 0 aliphatic heterocycles. The van der Waals surface area contributed by atoms with Crippen molar-refractivity contribution in [3.8, 4) is 22.6 Å². The summed E-state index contributed by atoms with van der Waals surface area (Å²) in [5.74, 6) is -0.405. The first-order valence-electron chi connectivity index (χ1n) is 16.4. The fraction of sp³-hybridized carbons (Fsp3) is 0.410. The SMILES string of the molecule is CC(C)CCOc1ccc2ccccc2c1-c1c(OCC(=O)C[C@H](CCCCNC(=O)OC(C)(C)C)C(=O)O)ccc2ccccc12. The van der Waals surface area contributed by atoms with E-state index < -0.39 is 23.6 Å². The van der Waals surface area contributed by atoms with Crippen molar-refractivity contribution in [2.75, 3.05) is 19.8 Å². The van der Waals surface area contributed by atoms with Crippen LogP contribution in [-0.4, -0.2) is 48.3 Å². The number of carbonyl (C=O) groups is 3. The number of rotatable bonds is 16. The number of amides is 1. The van der Waals surface area contributed by atoms with Crippen molar-refractivity contribution in [2.24, 2.45) is 11.8 Å². The molecule has 0 heterocycles. The van der Waals surface area contributed by atoms with Gasteiger partial charge in [0.05, 0.1) is 12.5 Å². The zero-order valence-electron chi connectivity index (χ0n) is 28.1. The van der Waals surface area contributed by atoms with Crippen LogP contribution in [0.2, 0.25) is 0 Å². The summed E-state index contributed by atoms with van der Waals surface area (Å²) < 4.78 is 17.9. The number of fused-ring (bicyclic) bond motifs is 2. The molecular formula is C39H47NO7. The van der Waals surface area contributed by atoms with Crippen LogP contribution in [0.15, 0.2) is 72.8 Å². The highest BCUT2D eigenvalue weighted by atomic mass is 16.6. The van der Waals surface area contributed by atoms with Gasteiger partial charge in [-0.25, -0.2) is 4.79 Å². The monoisotopic (exact) mass is 641 g/mol. The minimum Gasteiger partial charge on any atom is -0.493 e. The molecule has 1 atom stereocenters. The molecule has 0 aliphatic rings. The van der Waals surface area contributed by atoms with Crippen molar-refractivity contribution in [3.05, 3.63) is 72.8 Å². The predicted molar refractivity (Wildman–Crippen MR) is 186 cm³/mol. The minimum absolute atomic E-state index is 0.143. The second-order valence-corrected chi connectivity index (χ2v) is 13.3. The van der Waals surface area contributed by atoms with Crippen LogP contribution in [0.1, 0.15) is 66.7 Å². The number of unbranched alkanes of at least 4 members (excludes halogenated alkanes) is 1. The number of carboxylic acid groups (broad SMARTS) is 1. The lowest BCUT2D eigenvalue weighted by atomic mass is 9.92. The summed E-state index contributed by atoms with van der Waals surface area (Å²) in [4.78, 5) is 37.0. The summed E-state index contributed by atoms with van der Waals surface area (Å²) in [6.07, 6.45) is 1.67. The summed E-state index contributed by atoms with van der Waals surface area (Å²) in [6, 6.07) is 24.1. The fourth-order valence-corrected chi connectivity index (χ4v) is 5.49. The first kappa shape index (κ1) is 35.3. The fourth-order valence-electron chi connectivity index (χ4n) is 5.49. The van der Waals surface area contributed by atoms with E-state index in [1.807, 2.05) is 54.6 Å². The largest absolute Gasteiger partial charge is 0.493 e. The second kappa shape index (κ2) is 16.3. The molecule has 0 aromatic heterocycles. The molecule has 4 aromatic carbocycles. The lowest BCUT2D eigenvalue weighted by molar-refractivity contribution is -0.144. The van der Waals surface area contributed by atoms with Crippen molar-refractivity contribution in [1.82, 2.24) is 5.32 Å². The van der Waals surface area contributed by atoms with Gasteiger partial charge in [0, 0.05) is 24.1 Å². The van der Waals surface area contributed by atoms with Gasteiger partial charge in [0.25, 0.3) is 0 Å². The Morgan fingerprint density at radius 1 is 0.766 bits per heavy atom. The van der Waals surface area contributed by atoms with Gasteiger partial charge in [-0.05, 0) is 79.6 Å². The number of alkyl carbamates (subject to hydrolysis) is 1. The third-order valence-corrected chi connectivity index (χ3v) is 7.84. The highest BCUT2D eigenvalue weighted by molar-refractivity contribution is 6.09. The normalized spacial score (nSPS) is 12.2. The van der Waals surface area contributed by atoms with Crippen LogP contribution in [-0.2, 0) is 14.3 Å². The number of ether oxygens (including phenoxy) is 3. The van der Waals surface area contributed by atoms with Gasteiger partial charge < -0.3 is 24.6 Å². The maximum absolute atomic E-state index is 13.2. The third kappa shape index (κ3) is 10.2. The van der Waals surface area contributed by atoms with E-state index in [-0.39, 0.29) is 18.8 Å². The lowest BCUT2D eigenvalue weighted by Gasteiger charge is -2.20. The number of Topliss-reactive ketones (excluding diaryl/α,β-unsaturated/α-hetero) is 1. The van der Waals surface area contributed by atoms with Crippen LogP contribution in [0.3, 0.4) is 0 Å². The molecule has 47 heavy (non-hydrogen) atoms. The molecule has 8 nitrogen and oxygen atoms in total. The zero-order chi connectivity index (χ0) is 34.0. The van der Waals surface area contributed by atoms with Crippen LogP contribution in [0.5, 0.6) is 11.5 Å². The first-order chi connectivity index (χ1) is 22.4. The number of carbonyl (C=O) groups excluding carboxylic acids is 2. The molecule has 0 unspecified atom stereocenters. The molecule has 2 N–H and O–H groups in total. The molecule has 0 aliphatic carbocycles. The smallest absolute Gasteiger partial charge is 0.407 e. The summed E-state index contributed by atoms with van der Waals surface area (Å²) >= 11 is 0. The zero-order valence-corrected chi connectivity index (χ0v) is 28.1. The summed E-state index contributed by atoms with van der Waals surface area (Å²) in [5, 5.41) is 16.6. The second-order valence-electron chi connectivity index (χ2n) is 13.3. The van der Waals surface area contributed by atoms with Crippen molar-refractivity contribution in [3.63, 3.8) is 0 Å². The van der Waals surface area contributed by atoms with Gasteiger partial charge >= 0.3 is 12.1 Å². The maximum Gasteiger partial charge on any atom is 0.407 e. The van der Waals surface area contributed by atoms with Crippen molar-refractivity contribution in [1.29, 1.82) is 0 Å². The average molecular weight is 642 g/mol. The topological polar surface area (TPSA) is 111 Å². The molecule has 1 amide bonds. The molecule has 250 valence electrons. The van der Waals surface area contributed by atoms with Gasteiger partial charge in [-0.3, -0.25) is 9.59 Å². The molecule has 0 fully saturated rings. The Bertz CT molecular complexity index is 1690. The van der Waals surface area contributed by atoms with Crippen molar-refractivity contribution < 1.29 is 33.7 Å². The van der Waals surface area contributed by atoms with E-state index >= 15 is 0 Å². The third-order valence-electron chi connectivity index (χ3n) is 7.84. The minimum atomic E-state index is -1.02. The van der Waals surface area contributed by atoms with Gasteiger partial charge in [-0.1, -0.05) is 80.9 Å².